The van der Waals surface area contributed by atoms with Gasteiger partial charge in [-0.1, -0.05) is 30.3 Å². The van der Waals surface area contributed by atoms with E-state index in [9.17, 15) is 9.59 Å². The summed E-state index contributed by atoms with van der Waals surface area (Å²) in [6.45, 7) is 1.93. The number of hydroxylamine groups is 1. The maximum atomic E-state index is 11.9. The second-order valence-corrected chi connectivity index (χ2v) is 5.55. The van der Waals surface area contributed by atoms with Gasteiger partial charge in [-0.25, -0.2) is 5.48 Å². The van der Waals surface area contributed by atoms with Gasteiger partial charge >= 0.3 is 0 Å². The number of aryl methyl sites for hydroxylation is 1. The standard InChI is InChI=1S/C17H15NO3S/c1-12-11-13(5-9-17(20)18-21)4-6-14(12)7-8-15(19)16-3-2-10-22-16/h2-11,21H,1H3,(H,18,20)/b8-7+,9-5+. The molecular formula is C17H15NO3S. The first-order chi connectivity index (χ1) is 10.6. The van der Waals surface area contributed by atoms with Crippen molar-refractivity contribution < 1.29 is 14.8 Å². The molecule has 2 rings (SSSR count). The fourth-order valence-corrected chi connectivity index (χ4v) is 2.51. The van der Waals surface area contributed by atoms with Crippen molar-refractivity contribution in [3.63, 3.8) is 0 Å². The van der Waals surface area contributed by atoms with Gasteiger partial charge in [0.2, 0.25) is 0 Å². The van der Waals surface area contributed by atoms with Gasteiger partial charge in [0.25, 0.3) is 5.91 Å². The Hall–Kier alpha value is -2.50. The van der Waals surface area contributed by atoms with Crippen LogP contribution in [0.3, 0.4) is 0 Å². The molecule has 0 radical (unpaired) electrons. The molecule has 2 N–H and O–H groups in total. The van der Waals surface area contributed by atoms with Crippen LogP contribution in [0.15, 0.2) is 47.9 Å². The number of thiophene rings is 1. The van der Waals surface area contributed by atoms with Gasteiger partial charge in [0.05, 0.1) is 4.88 Å². The molecule has 1 aromatic carbocycles. The minimum absolute atomic E-state index is 0.0158. The van der Waals surface area contributed by atoms with E-state index in [0.717, 1.165) is 16.7 Å². The number of hydrogen-bond acceptors (Lipinski definition) is 4. The van der Waals surface area contributed by atoms with Gasteiger partial charge in [-0.15, -0.1) is 11.3 Å². The van der Waals surface area contributed by atoms with Gasteiger partial charge in [0, 0.05) is 6.08 Å². The van der Waals surface area contributed by atoms with Crippen LogP contribution >= 0.6 is 11.3 Å². The van der Waals surface area contributed by atoms with Crippen LogP contribution in [0.25, 0.3) is 12.2 Å². The number of amides is 1. The Bertz CT molecular complexity index is 730. The Labute approximate surface area is 132 Å². The average molecular weight is 313 g/mol. The lowest BCUT2D eigenvalue weighted by Crippen LogP contribution is -2.14. The Balaban J connectivity index is 2.11. The summed E-state index contributed by atoms with van der Waals surface area (Å²) >= 11 is 1.42. The van der Waals surface area contributed by atoms with Crippen LogP contribution in [0.2, 0.25) is 0 Å². The second kappa shape index (κ2) is 7.49. The Morgan fingerprint density at radius 2 is 2.00 bits per heavy atom. The topological polar surface area (TPSA) is 66.4 Å². The molecule has 1 aromatic heterocycles. The molecule has 0 aliphatic carbocycles. The summed E-state index contributed by atoms with van der Waals surface area (Å²) in [4.78, 5) is 23.6. The first-order valence-corrected chi connectivity index (χ1v) is 7.47. The lowest BCUT2D eigenvalue weighted by atomic mass is 10.0. The molecule has 0 aliphatic heterocycles. The van der Waals surface area contributed by atoms with Crippen LogP contribution in [0.1, 0.15) is 26.4 Å². The summed E-state index contributed by atoms with van der Waals surface area (Å²) in [6, 6.07) is 9.26. The minimum atomic E-state index is -0.580. The van der Waals surface area contributed by atoms with Crippen molar-refractivity contribution in [3.8, 4) is 0 Å². The van der Waals surface area contributed by atoms with Crippen LogP contribution in [0.4, 0.5) is 0 Å². The number of rotatable bonds is 5. The van der Waals surface area contributed by atoms with Crippen LogP contribution in [-0.2, 0) is 4.79 Å². The zero-order valence-electron chi connectivity index (χ0n) is 11.9. The quantitative estimate of drug-likeness (QED) is 0.384. The number of hydrogen-bond donors (Lipinski definition) is 2. The van der Waals surface area contributed by atoms with E-state index in [1.807, 2.05) is 36.6 Å². The van der Waals surface area contributed by atoms with Crippen LogP contribution in [0.5, 0.6) is 0 Å². The Morgan fingerprint density at radius 3 is 2.64 bits per heavy atom. The van der Waals surface area contributed by atoms with Crippen LogP contribution in [0, 0.1) is 6.92 Å². The smallest absolute Gasteiger partial charge is 0.267 e. The predicted octanol–water partition coefficient (Wildman–Crippen LogP) is 3.47. The van der Waals surface area contributed by atoms with Gasteiger partial charge in [-0.05, 0) is 47.2 Å². The molecule has 5 heteroatoms. The first kappa shape index (κ1) is 15.9. The number of nitrogens with one attached hydrogen (secondary N) is 1. The van der Waals surface area contributed by atoms with Crippen molar-refractivity contribution >= 4 is 35.2 Å². The molecule has 1 heterocycles. The van der Waals surface area contributed by atoms with Crippen LogP contribution in [-0.4, -0.2) is 16.9 Å². The van der Waals surface area contributed by atoms with E-state index in [4.69, 9.17) is 5.21 Å². The van der Waals surface area contributed by atoms with E-state index in [-0.39, 0.29) is 5.78 Å². The third-order valence-corrected chi connectivity index (χ3v) is 3.89. The molecule has 4 nitrogen and oxygen atoms in total. The molecule has 0 aliphatic rings. The third kappa shape index (κ3) is 4.25. The molecule has 22 heavy (non-hydrogen) atoms. The van der Waals surface area contributed by atoms with Gasteiger partial charge in [-0.3, -0.25) is 14.8 Å². The summed E-state index contributed by atoms with van der Waals surface area (Å²) in [7, 11) is 0. The Morgan fingerprint density at radius 1 is 1.18 bits per heavy atom. The number of benzene rings is 1. The molecule has 0 saturated carbocycles. The van der Waals surface area contributed by atoms with E-state index in [1.54, 1.807) is 24.3 Å². The van der Waals surface area contributed by atoms with Crippen molar-refractivity contribution in [2.24, 2.45) is 0 Å². The highest BCUT2D eigenvalue weighted by atomic mass is 32.1. The molecular weight excluding hydrogens is 298 g/mol. The maximum absolute atomic E-state index is 11.9. The second-order valence-electron chi connectivity index (χ2n) is 4.60. The van der Waals surface area contributed by atoms with E-state index in [1.165, 1.54) is 22.9 Å². The predicted molar refractivity (Wildman–Crippen MR) is 87.8 cm³/mol. The van der Waals surface area contributed by atoms with Crippen molar-refractivity contribution in [3.05, 3.63) is 69.4 Å². The summed E-state index contributed by atoms with van der Waals surface area (Å²) in [6.07, 6.45) is 6.18. The monoisotopic (exact) mass is 313 g/mol. The highest BCUT2D eigenvalue weighted by molar-refractivity contribution is 7.12. The lowest BCUT2D eigenvalue weighted by Gasteiger charge is -2.02. The number of ketones is 1. The summed E-state index contributed by atoms with van der Waals surface area (Å²) in [5.41, 5.74) is 4.30. The maximum Gasteiger partial charge on any atom is 0.267 e. The van der Waals surface area contributed by atoms with E-state index in [0.29, 0.717) is 4.88 Å². The zero-order chi connectivity index (χ0) is 15.9. The number of carbonyl (C=O) groups excluding carboxylic acids is 2. The molecule has 0 atom stereocenters. The molecule has 0 saturated heterocycles. The third-order valence-electron chi connectivity index (χ3n) is 3.01. The summed E-state index contributed by atoms with van der Waals surface area (Å²) in [5.74, 6) is -0.596. The molecule has 1 amide bonds. The van der Waals surface area contributed by atoms with E-state index >= 15 is 0 Å². The van der Waals surface area contributed by atoms with Gasteiger partial charge in [-0.2, -0.15) is 0 Å². The largest absolute Gasteiger partial charge is 0.288 e. The normalized spacial score (nSPS) is 11.2. The molecule has 0 fully saturated rings. The van der Waals surface area contributed by atoms with E-state index < -0.39 is 5.91 Å². The summed E-state index contributed by atoms with van der Waals surface area (Å²) in [5, 5.41) is 10.3. The highest BCUT2D eigenvalue weighted by Gasteiger charge is 2.02. The first-order valence-electron chi connectivity index (χ1n) is 6.59. The fourth-order valence-electron chi connectivity index (χ4n) is 1.87. The fraction of sp³-hybridized carbons (Fsp3) is 0.0588. The highest BCUT2D eigenvalue weighted by Crippen LogP contribution is 2.16. The van der Waals surface area contributed by atoms with Crippen molar-refractivity contribution in [2.75, 3.05) is 0 Å². The molecule has 112 valence electrons. The van der Waals surface area contributed by atoms with Gasteiger partial charge in [0.1, 0.15) is 0 Å². The molecule has 0 unspecified atom stereocenters. The SMILES string of the molecule is Cc1cc(/C=C/C(=O)NO)ccc1/C=C/C(=O)c1cccs1. The van der Waals surface area contributed by atoms with Crippen molar-refractivity contribution in [1.82, 2.24) is 5.48 Å². The van der Waals surface area contributed by atoms with Gasteiger partial charge in [0.15, 0.2) is 5.78 Å². The minimum Gasteiger partial charge on any atom is -0.288 e. The molecule has 2 aromatic rings. The van der Waals surface area contributed by atoms with Gasteiger partial charge < -0.3 is 0 Å². The average Bonchev–Trinajstić information content (AvgIpc) is 3.05. The number of allylic oxidation sites excluding steroid dienone is 1. The number of carbonyl (C=O) groups is 2. The van der Waals surface area contributed by atoms with Crippen molar-refractivity contribution in [1.29, 1.82) is 0 Å². The zero-order valence-corrected chi connectivity index (χ0v) is 12.8. The molecule has 0 spiro atoms. The van der Waals surface area contributed by atoms with Crippen molar-refractivity contribution in [2.45, 2.75) is 6.92 Å². The Kier molecular flexibility index (Phi) is 5.41. The van der Waals surface area contributed by atoms with Crippen LogP contribution < -0.4 is 5.48 Å². The molecule has 0 bridgehead atoms. The van der Waals surface area contributed by atoms with E-state index in [2.05, 4.69) is 0 Å². The lowest BCUT2D eigenvalue weighted by molar-refractivity contribution is -0.124. The summed E-state index contributed by atoms with van der Waals surface area (Å²) < 4.78 is 0.